The minimum absolute atomic E-state index is 0.0318. The van der Waals surface area contributed by atoms with Crippen LogP contribution in [0.3, 0.4) is 0 Å². The number of rotatable bonds is 46. The molecule has 382 valence electrons. The maximum Gasteiger partial charge on any atom is 0.397 e. The zero-order valence-electron chi connectivity index (χ0n) is 41.1. The van der Waals surface area contributed by atoms with Gasteiger partial charge in [-0.05, 0) is 44.9 Å². The van der Waals surface area contributed by atoms with E-state index < -0.39 is 59.8 Å². The summed E-state index contributed by atoms with van der Waals surface area (Å²) in [5, 5.41) is 30.7. The van der Waals surface area contributed by atoms with Crippen LogP contribution in [0.25, 0.3) is 0 Å². The molecule has 0 bridgehead atoms. The first-order valence-electron chi connectivity index (χ1n) is 26.2. The second kappa shape index (κ2) is 43.6. The maximum atomic E-state index is 12.9. The van der Waals surface area contributed by atoms with E-state index in [0.29, 0.717) is 13.0 Å². The number of aliphatic hydroxyl groups is 3. The van der Waals surface area contributed by atoms with Crippen molar-refractivity contribution in [2.45, 2.75) is 263 Å². The van der Waals surface area contributed by atoms with Gasteiger partial charge in [0.25, 0.3) is 0 Å². The highest BCUT2D eigenvalue weighted by molar-refractivity contribution is 7.80. The van der Waals surface area contributed by atoms with Gasteiger partial charge in [0, 0.05) is 13.0 Å². The van der Waals surface area contributed by atoms with Gasteiger partial charge in [-0.3, -0.25) is 9.35 Å². The first kappa shape index (κ1) is 61.3. The first-order chi connectivity index (χ1) is 31.6. The molecule has 0 aliphatic carbocycles. The van der Waals surface area contributed by atoms with Crippen LogP contribution < -0.4 is 0 Å². The standard InChI is InChI=1S/C52H96O12S/c1-3-5-7-9-11-13-15-17-19-20-21-22-23-24-25-26-28-30-32-34-36-38-40-42-60-44-46(45-61-52-50(56)51(64-65(57,58)59)49(55)47(43-53)63-52)62-48(54)41-39-37-35-33-31-29-27-18-16-14-12-10-8-6-4-2/h6,8,12,14,18,27,46-47,49-53,55-56H,3-5,7,9-11,13,15-17,19-26,28-45H2,1-2H3,(H,57,58,59)/b8-6-,14-12-,27-18-. The van der Waals surface area contributed by atoms with Crippen molar-refractivity contribution >= 4 is 16.4 Å². The van der Waals surface area contributed by atoms with Gasteiger partial charge in [0.1, 0.15) is 30.5 Å². The quantitative estimate of drug-likeness (QED) is 0.0197. The summed E-state index contributed by atoms with van der Waals surface area (Å²) in [6.45, 7) is 3.89. The van der Waals surface area contributed by atoms with Crippen LogP contribution in [0.4, 0.5) is 0 Å². The number of aliphatic hydroxyl groups excluding tert-OH is 3. The van der Waals surface area contributed by atoms with Crippen LogP contribution in [-0.2, 0) is 38.3 Å². The van der Waals surface area contributed by atoms with E-state index in [-0.39, 0.29) is 19.6 Å². The Morgan fingerprint density at radius 3 is 1.55 bits per heavy atom. The Bertz CT molecular complexity index is 1270. The Morgan fingerprint density at radius 1 is 0.600 bits per heavy atom. The molecule has 1 rings (SSSR count). The smallest absolute Gasteiger partial charge is 0.397 e. The molecule has 13 heteroatoms. The molecule has 0 aromatic heterocycles. The van der Waals surface area contributed by atoms with Crippen molar-refractivity contribution in [2.24, 2.45) is 0 Å². The largest absolute Gasteiger partial charge is 0.457 e. The molecule has 1 aliphatic rings. The van der Waals surface area contributed by atoms with Crippen molar-refractivity contribution in [1.29, 1.82) is 0 Å². The molecule has 4 N–H and O–H groups in total. The Kier molecular flexibility index (Phi) is 41.1. The van der Waals surface area contributed by atoms with E-state index in [4.69, 9.17) is 18.9 Å². The van der Waals surface area contributed by atoms with Crippen LogP contribution in [0, 0.1) is 0 Å². The Hall–Kier alpha value is -1.68. The van der Waals surface area contributed by atoms with Gasteiger partial charge >= 0.3 is 16.4 Å². The molecule has 0 radical (unpaired) electrons. The van der Waals surface area contributed by atoms with Gasteiger partial charge in [-0.2, -0.15) is 8.42 Å². The minimum atomic E-state index is -5.07. The number of carbonyl (C=O) groups is 1. The third-order valence-electron chi connectivity index (χ3n) is 12.0. The van der Waals surface area contributed by atoms with E-state index in [0.717, 1.165) is 70.6 Å². The van der Waals surface area contributed by atoms with Crippen LogP contribution in [0.15, 0.2) is 36.5 Å². The number of unbranched alkanes of at least 4 members (excludes halogenated alkanes) is 27. The normalized spacial score (nSPS) is 19.9. The van der Waals surface area contributed by atoms with E-state index >= 15 is 0 Å². The fourth-order valence-corrected chi connectivity index (χ4v) is 8.61. The third kappa shape index (κ3) is 37.0. The molecule has 12 nitrogen and oxygen atoms in total. The van der Waals surface area contributed by atoms with Crippen LogP contribution in [0.2, 0.25) is 0 Å². The lowest BCUT2D eigenvalue weighted by Crippen LogP contribution is -2.60. The van der Waals surface area contributed by atoms with Crippen molar-refractivity contribution in [3.05, 3.63) is 36.5 Å². The number of hydrogen-bond donors (Lipinski definition) is 4. The lowest BCUT2D eigenvalue weighted by atomic mass is 9.99. The van der Waals surface area contributed by atoms with E-state index in [1.54, 1.807) is 0 Å². The van der Waals surface area contributed by atoms with Gasteiger partial charge in [0.15, 0.2) is 6.29 Å². The number of carbonyl (C=O) groups excluding carboxylic acids is 1. The Morgan fingerprint density at radius 2 is 1.06 bits per heavy atom. The second-order valence-corrected chi connectivity index (χ2v) is 19.1. The molecular formula is C52H96O12S. The van der Waals surface area contributed by atoms with E-state index in [1.165, 1.54) is 128 Å². The number of esters is 1. The lowest BCUT2D eigenvalue weighted by Gasteiger charge is -2.41. The SMILES string of the molecule is CC/C=C\C/C=C\C/C=C\CCCCCCCC(=O)OC(COCCCCCCCCCCCCCCCCCCCCCCCCC)COC1OC(CO)C(O)C(OS(=O)(=O)O)C1O. The number of allylic oxidation sites excluding steroid dienone is 6. The average Bonchev–Trinajstić information content (AvgIpc) is 3.28. The first-order valence-corrected chi connectivity index (χ1v) is 27.6. The number of hydrogen-bond acceptors (Lipinski definition) is 11. The zero-order chi connectivity index (χ0) is 47.5. The third-order valence-corrected chi connectivity index (χ3v) is 12.5. The fraction of sp³-hybridized carbons (Fsp3) is 0.865. The van der Waals surface area contributed by atoms with Gasteiger partial charge in [-0.15, -0.1) is 0 Å². The summed E-state index contributed by atoms with van der Waals surface area (Å²) < 4.78 is 59.2. The summed E-state index contributed by atoms with van der Waals surface area (Å²) >= 11 is 0. The van der Waals surface area contributed by atoms with Gasteiger partial charge in [-0.1, -0.05) is 211 Å². The molecule has 1 heterocycles. The second-order valence-electron chi connectivity index (χ2n) is 18.1. The Labute approximate surface area is 396 Å². The van der Waals surface area contributed by atoms with Crippen molar-refractivity contribution in [3.8, 4) is 0 Å². The number of ether oxygens (including phenoxy) is 4. The fourth-order valence-electron chi connectivity index (χ4n) is 8.10. The molecule has 1 fully saturated rings. The van der Waals surface area contributed by atoms with Crippen LogP contribution in [-0.4, -0.2) is 97.5 Å². The van der Waals surface area contributed by atoms with Gasteiger partial charge in [0.2, 0.25) is 0 Å². The van der Waals surface area contributed by atoms with E-state index in [9.17, 15) is 33.1 Å². The highest BCUT2D eigenvalue weighted by atomic mass is 32.3. The highest BCUT2D eigenvalue weighted by Gasteiger charge is 2.48. The van der Waals surface area contributed by atoms with Crippen LogP contribution >= 0.6 is 0 Å². The van der Waals surface area contributed by atoms with Crippen molar-refractivity contribution < 1.29 is 56.2 Å². The maximum absolute atomic E-state index is 12.9. The predicted octanol–water partition coefficient (Wildman–Crippen LogP) is 12.1. The average molecular weight is 945 g/mol. The molecule has 0 saturated carbocycles. The summed E-state index contributed by atoms with van der Waals surface area (Å²) in [7, 11) is -5.07. The molecule has 6 unspecified atom stereocenters. The van der Waals surface area contributed by atoms with Crippen LogP contribution in [0.5, 0.6) is 0 Å². The molecular weight excluding hydrogens is 849 g/mol. The zero-order valence-corrected chi connectivity index (χ0v) is 41.9. The van der Waals surface area contributed by atoms with Gasteiger partial charge in [-0.25, -0.2) is 4.18 Å². The summed E-state index contributed by atoms with van der Waals surface area (Å²) in [6.07, 6.45) is 43.3. The van der Waals surface area contributed by atoms with Crippen molar-refractivity contribution in [2.75, 3.05) is 26.4 Å². The van der Waals surface area contributed by atoms with Gasteiger partial charge in [0.05, 0.1) is 19.8 Å². The summed E-state index contributed by atoms with van der Waals surface area (Å²) in [6, 6.07) is 0. The summed E-state index contributed by atoms with van der Waals surface area (Å²) in [5.74, 6) is -0.413. The van der Waals surface area contributed by atoms with E-state index in [1.807, 2.05) is 0 Å². The van der Waals surface area contributed by atoms with Crippen molar-refractivity contribution in [3.63, 3.8) is 0 Å². The summed E-state index contributed by atoms with van der Waals surface area (Å²) in [4.78, 5) is 12.9. The summed E-state index contributed by atoms with van der Waals surface area (Å²) in [5.41, 5.74) is 0. The van der Waals surface area contributed by atoms with Crippen molar-refractivity contribution in [1.82, 2.24) is 0 Å². The minimum Gasteiger partial charge on any atom is -0.457 e. The molecule has 65 heavy (non-hydrogen) atoms. The van der Waals surface area contributed by atoms with E-state index in [2.05, 4.69) is 54.5 Å². The molecule has 0 aromatic carbocycles. The van der Waals surface area contributed by atoms with Crippen LogP contribution in [0.1, 0.15) is 226 Å². The molecule has 0 aromatic rings. The highest BCUT2D eigenvalue weighted by Crippen LogP contribution is 2.26. The lowest BCUT2D eigenvalue weighted by molar-refractivity contribution is -0.301. The molecule has 6 atom stereocenters. The predicted molar refractivity (Wildman–Crippen MR) is 262 cm³/mol. The Balaban J connectivity index is 2.32. The molecule has 1 aliphatic heterocycles. The topological polar surface area (TPSA) is 178 Å². The molecule has 0 spiro atoms. The van der Waals surface area contributed by atoms with Gasteiger partial charge < -0.3 is 34.3 Å². The monoisotopic (exact) mass is 945 g/mol. The molecule has 1 saturated heterocycles. The molecule has 0 amide bonds.